The Hall–Kier alpha value is -3.42. The molecule has 1 aromatic carbocycles. The van der Waals surface area contributed by atoms with Gasteiger partial charge in [0.25, 0.3) is 0 Å². The van der Waals surface area contributed by atoms with Crippen LogP contribution < -0.4 is 5.32 Å². The van der Waals surface area contributed by atoms with E-state index in [9.17, 15) is 24.2 Å². The van der Waals surface area contributed by atoms with Crippen molar-refractivity contribution in [3.63, 3.8) is 0 Å². The van der Waals surface area contributed by atoms with Crippen LogP contribution in [0.2, 0.25) is 0 Å². The second-order valence-electron chi connectivity index (χ2n) is 9.34. The van der Waals surface area contributed by atoms with E-state index < -0.39 is 47.5 Å². The van der Waals surface area contributed by atoms with E-state index in [0.717, 1.165) is 50.7 Å². The SMILES string of the molecule is CCN(CC)CCN/C(=N/C#N)N(CCN(CC)CC)CC[S+]([O-])c1ccccc1.O=C(O)CC(O)(CC(=O)O)C(=O)O. The van der Waals surface area contributed by atoms with Gasteiger partial charge in [0.15, 0.2) is 10.5 Å². The van der Waals surface area contributed by atoms with Crippen LogP contribution in [-0.4, -0.2) is 134 Å². The minimum Gasteiger partial charge on any atom is -0.611 e. The van der Waals surface area contributed by atoms with Gasteiger partial charge in [-0.25, -0.2) is 4.79 Å². The van der Waals surface area contributed by atoms with E-state index in [0.29, 0.717) is 24.8 Å². The molecule has 0 radical (unpaired) electrons. The highest BCUT2D eigenvalue weighted by molar-refractivity contribution is 7.91. The van der Waals surface area contributed by atoms with Gasteiger partial charge in [0.05, 0.1) is 19.4 Å². The first-order valence-electron chi connectivity index (χ1n) is 14.1. The molecule has 242 valence electrons. The van der Waals surface area contributed by atoms with E-state index in [2.05, 4.69) is 52.7 Å². The third-order valence-electron chi connectivity index (χ3n) is 6.48. The van der Waals surface area contributed by atoms with Gasteiger partial charge in [-0.2, -0.15) is 5.26 Å². The number of hydrogen-bond donors (Lipinski definition) is 5. The number of nitrogens with zero attached hydrogens (tertiary/aromatic N) is 5. The zero-order valence-electron chi connectivity index (χ0n) is 25.4. The Bertz CT molecular complexity index is 1020. The molecule has 14 nitrogen and oxygen atoms in total. The van der Waals surface area contributed by atoms with Crippen LogP contribution in [0.25, 0.3) is 0 Å². The first-order valence-corrected chi connectivity index (χ1v) is 15.4. The van der Waals surface area contributed by atoms with Crippen molar-refractivity contribution < 1.29 is 39.4 Å². The van der Waals surface area contributed by atoms with Crippen LogP contribution in [0.1, 0.15) is 40.5 Å². The zero-order valence-corrected chi connectivity index (χ0v) is 26.3. The standard InChI is InChI=1S/C22H38N6OS.C6H8O7/c1-5-26(6-2)15-14-24-22(25-20-23)28(17-16-27(7-3)8-4)18-19-30(29)21-12-10-9-11-13-21;7-3(8)1-6(13,5(11)12)2-4(9)10/h9-13H,5-8,14-19H2,1-4H3,(H,24,25);13H,1-2H2,(H,7,8)(H,9,10)(H,11,12). The lowest BCUT2D eigenvalue weighted by Crippen LogP contribution is -2.48. The summed E-state index contributed by atoms with van der Waals surface area (Å²) in [6.45, 7) is 16.3. The number of aliphatic hydroxyl groups is 1. The van der Waals surface area contributed by atoms with Crippen LogP contribution in [0.3, 0.4) is 0 Å². The maximum atomic E-state index is 12.7. The molecule has 0 aliphatic heterocycles. The number of nitrogens with one attached hydrogen (secondary N) is 1. The van der Waals surface area contributed by atoms with E-state index >= 15 is 0 Å². The van der Waals surface area contributed by atoms with Gasteiger partial charge in [0.1, 0.15) is 5.75 Å². The predicted octanol–water partition coefficient (Wildman–Crippen LogP) is 0.958. The summed E-state index contributed by atoms with van der Waals surface area (Å²) in [5, 5.41) is 46.4. The monoisotopic (exact) mass is 626 g/mol. The lowest BCUT2D eigenvalue weighted by atomic mass is 9.96. The van der Waals surface area contributed by atoms with Crippen LogP contribution >= 0.6 is 0 Å². The highest BCUT2D eigenvalue weighted by Gasteiger charge is 2.40. The summed E-state index contributed by atoms with van der Waals surface area (Å²) in [5.41, 5.74) is -2.74. The molecule has 0 bridgehead atoms. The van der Waals surface area contributed by atoms with Crippen molar-refractivity contribution in [1.29, 1.82) is 5.26 Å². The number of carboxylic acid groups (broad SMARTS) is 3. The average Bonchev–Trinajstić information content (AvgIpc) is 2.96. The predicted molar refractivity (Wildman–Crippen MR) is 163 cm³/mol. The molecule has 1 atom stereocenters. The van der Waals surface area contributed by atoms with Crippen molar-refractivity contribution in [2.45, 2.75) is 51.0 Å². The van der Waals surface area contributed by atoms with Gasteiger partial charge in [-0.15, -0.1) is 4.99 Å². The molecule has 15 heteroatoms. The molecular weight excluding hydrogens is 580 g/mol. The highest BCUT2D eigenvalue weighted by atomic mass is 32.2. The van der Waals surface area contributed by atoms with Gasteiger partial charge < -0.3 is 45.0 Å². The number of hydrogen-bond acceptors (Lipinski definition) is 9. The van der Waals surface area contributed by atoms with Gasteiger partial charge in [0.2, 0.25) is 12.2 Å². The molecule has 1 unspecified atom stereocenters. The summed E-state index contributed by atoms with van der Waals surface area (Å²) < 4.78 is 12.7. The van der Waals surface area contributed by atoms with Crippen molar-refractivity contribution in [2.75, 3.05) is 64.7 Å². The van der Waals surface area contributed by atoms with Gasteiger partial charge in [-0.3, -0.25) is 9.59 Å². The first kappa shape index (κ1) is 39.6. The Morgan fingerprint density at radius 1 is 0.907 bits per heavy atom. The average molecular weight is 627 g/mol. The van der Waals surface area contributed by atoms with Gasteiger partial charge in [0, 0.05) is 26.2 Å². The topological polar surface area (TPSA) is 213 Å². The number of guanidine groups is 1. The van der Waals surface area contributed by atoms with Crippen molar-refractivity contribution in [2.24, 2.45) is 4.99 Å². The first-order chi connectivity index (χ1) is 20.4. The van der Waals surface area contributed by atoms with Gasteiger partial charge in [-0.05, 0) is 49.5 Å². The van der Waals surface area contributed by atoms with Crippen molar-refractivity contribution >= 4 is 35.0 Å². The quantitative estimate of drug-likeness (QED) is 0.0627. The Balaban J connectivity index is 0.00000114. The zero-order chi connectivity index (χ0) is 32.8. The Labute approximate surface area is 256 Å². The van der Waals surface area contributed by atoms with E-state index in [-0.39, 0.29) is 0 Å². The third kappa shape index (κ3) is 16.7. The number of rotatable bonds is 19. The molecule has 0 aromatic heterocycles. The number of carboxylic acids is 3. The molecule has 0 aliphatic rings. The number of aliphatic imine (C=N–C) groups is 1. The molecule has 0 saturated heterocycles. The second kappa shape index (κ2) is 22.2. The Kier molecular flexibility index (Phi) is 20.4. The minimum atomic E-state index is -2.74. The maximum Gasteiger partial charge on any atom is 0.336 e. The van der Waals surface area contributed by atoms with E-state index in [1.54, 1.807) is 0 Å². The number of aliphatic carboxylic acids is 3. The van der Waals surface area contributed by atoms with E-state index in [1.807, 2.05) is 36.5 Å². The normalized spacial score (nSPS) is 12.2. The van der Waals surface area contributed by atoms with Gasteiger partial charge >= 0.3 is 17.9 Å². The Morgan fingerprint density at radius 3 is 1.86 bits per heavy atom. The molecule has 43 heavy (non-hydrogen) atoms. The smallest absolute Gasteiger partial charge is 0.336 e. The fourth-order valence-electron chi connectivity index (χ4n) is 3.86. The van der Waals surface area contributed by atoms with E-state index in [1.165, 1.54) is 0 Å². The van der Waals surface area contributed by atoms with Gasteiger partial charge in [-0.1, -0.05) is 45.9 Å². The highest BCUT2D eigenvalue weighted by Crippen LogP contribution is 2.15. The largest absolute Gasteiger partial charge is 0.611 e. The van der Waals surface area contributed by atoms with Crippen LogP contribution in [0.5, 0.6) is 0 Å². The number of benzene rings is 1. The van der Waals surface area contributed by atoms with Crippen molar-refractivity contribution in [3.8, 4) is 6.19 Å². The molecule has 5 N–H and O–H groups in total. The summed E-state index contributed by atoms with van der Waals surface area (Å²) in [6, 6.07) is 9.52. The number of nitriles is 1. The van der Waals surface area contributed by atoms with Crippen LogP contribution in [0, 0.1) is 11.5 Å². The lowest BCUT2D eigenvalue weighted by molar-refractivity contribution is -0.170. The molecule has 0 aliphatic carbocycles. The summed E-state index contributed by atoms with van der Waals surface area (Å²) in [4.78, 5) is 42.1. The third-order valence-corrected chi connectivity index (χ3v) is 7.83. The summed E-state index contributed by atoms with van der Waals surface area (Å²) >= 11 is -1.09. The summed E-state index contributed by atoms with van der Waals surface area (Å²) in [5.74, 6) is -3.96. The molecule has 0 spiro atoms. The molecule has 1 aromatic rings. The van der Waals surface area contributed by atoms with Crippen molar-refractivity contribution in [3.05, 3.63) is 30.3 Å². The fourth-order valence-corrected chi connectivity index (χ4v) is 4.94. The van der Waals surface area contributed by atoms with Crippen LogP contribution in [0.15, 0.2) is 40.2 Å². The van der Waals surface area contributed by atoms with Crippen molar-refractivity contribution in [1.82, 2.24) is 20.0 Å². The Morgan fingerprint density at radius 2 is 1.42 bits per heavy atom. The lowest BCUT2D eigenvalue weighted by Gasteiger charge is -2.29. The molecule has 1 rings (SSSR count). The summed E-state index contributed by atoms with van der Waals surface area (Å²) in [6.07, 6.45) is -0.358. The molecule has 0 heterocycles. The molecule has 0 saturated carbocycles. The maximum absolute atomic E-state index is 12.7. The molecular formula is C28H46N6O8S. The summed E-state index contributed by atoms with van der Waals surface area (Å²) in [7, 11) is 0. The molecule has 0 amide bonds. The van der Waals surface area contributed by atoms with Crippen LogP contribution in [0.4, 0.5) is 0 Å². The van der Waals surface area contributed by atoms with Crippen LogP contribution in [-0.2, 0) is 25.6 Å². The number of likely N-dealkylation sites (N-methyl/N-ethyl adjacent to an activating group) is 2. The minimum absolute atomic E-state index is 0.491. The second-order valence-corrected chi connectivity index (χ2v) is 10.9. The number of carbonyl (C=O) groups is 3. The van der Waals surface area contributed by atoms with E-state index in [4.69, 9.17) is 20.4 Å². The fraction of sp³-hybridized carbons (Fsp3) is 0.607. The molecule has 0 fully saturated rings.